The molecule has 1 N–H and O–H groups in total. The molecule has 7 nitrogen and oxygen atoms in total. The van der Waals surface area contributed by atoms with Crippen molar-refractivity contribution in [3.05, 3.63) is 48.3 Å². The minimum Gasteiger partial charge on any atom is -0.353 e. The molecule has 0 saturated carbocycles. The molecule has 0 aliphatic rings. The lowest BCUT2D eigenvalue weighted by Gasteiger charge is -2.11. The fraction of sp³-hybridized carbons (Fsp3) is 0.421. The number of rotatable bonds is 10. The van der Waals surface area contributed by atoms with Gasteiger partial charge in [0.25, 0.3) is 0 Å². The minimum atomic E-state index is -3.55. The fourth-order valence-electron chi connectivity index (χ4n) is 2.39. The van der Waals surface area contributed by atoms with Crippen LogP contribution in [0.15, 0.2) is 47.0 Å². The number of hydrogen-bond donors (Lipinski definition) is 1. The van der Waals surface area contributed by atoms with Gasteiger partial charge in [-0.3, -0.25) is 4.79 Å². The number of benzene rings is 1. The van der Waals surface area contributed by atoms with Gasteiger partial charge in [-0.1, -0.05) is 42.5 Å². The Kier molecular flexibility index (Phi) is 7.82. The summed E-state index contributed by atoms with van der Waals surface area (Å²) in [5.74, 6) is 0.146. The summed E-state index contributed by atoms with van der Waals surface area (Å²) in [6, 6.07) is 6.81. The Morgan fingerprint density at radius 2 is 2.00 bits per heavy atom. The first-order valence-electron chi connectivity index (χ1n) is 9.01. The van der Waals surface area contributed by atoms with Gasteiger partial charge in [-0.15, -0.1) is 16.8 Å². The van der Waals surface area contributed by atoms with Crippen molar-refractivity contribution in [1.82, 2.24) is 20.1 Å². The van der Waals surface area contributed by atoms with Crippen LogP contribution in [0, 0.1) is 6.92 Å². The summed E-state index contributed by atoms with van der Waals surface area (Å²) in [6.45, 7) is 9.92. The van der Waals surface area contributed by atoms with Crippen LogP contribution in [0.3, 0.4) is 0 Å². The van der Waals surface area contributed by atoms with Crippen molar-refractivity contribution in [2.75, 3.05) is 5.75 Å². The number of aryl methyl sites for hydroxylation is 1. The predicted molar refractivity (Wildman–Crippen MR) is 111 cm³/mol. The summed E-state index contributed by atoms with van der Waals surface area (Å²) in [7, 11) is -3.55. The van der Waals surface area contributed by atoms with E-state index >= 15 is 0 Å². The molecule has 152 valence electrons. The number of carbonyl (C=O) groups is 1. The van der Waals surface area contributed by atoms with Crippen LogP contribution in [-0.4, -0.2) is 40.9 Å². The highest BCUT2D eigenvalue weighted by Gasteiger charge is 2.21. The Morgan fingerprint density at radius 3 is 2.61 bits per heavy atom. The van der Waals surface area contributed by atoms with Crippen LogP contribution in [-0.2, 0) is 26.9 Å². The van der Waals surface area contributed by atoms with Crippen LogP contribution >= 0.6 is 11.8 Å². The smallest absolute Gasteiger partial charge is 0.230 e. The fourth-order valence-corrected chi connectivity index (χ4v) is 4.44. The minimum absolute atomic E-state index is 0.0960. The lowest BCUT2D eigenvalue weighted by molar-refractivity contribution is -0.119. The van der Waals surface area contributed by atoms with Crippen LogP contribution < -0.4 is 5.32 Å². The highest BCUT2D eigenvalue weighted by Crippen LogP contribution is 2.21. The maximum Gasteiger partial charge on any atom is 0.230 e. The van der Waals surface area contributed by atoms with E-state index in [2.05, 4.69) is 22.1 Å². The van der Waals surface area contributed by atoms with Gasteiger partial charge in [0, 0.05) is 12.6 Å². The summed E-state index contributed by atoms with van der Waals surface area (Å²) in [5, 5.41) is 11.5. The largest absolute Gasteiger partial charge is 0.353 e. The van der Waals surface area contributed by atoms with Crippen LogP contribution in [0.4, 0.5) is 0 Å². The summed E-state index contributed by atoms with van der Waals surface area (Å²) < 4.78 is 27.1. The van der Waals surface area contributed by atoms with E-state index in [0.717, 1.165) is 12.0 Å². The molecule has 9 heteroatoms. The Morgan fingerprint density at radius 1 is 1.32 bits per heavy atom. The molecule has 0 bridgehead atoms. The number of thioether (sulfide) groups is 1. The van der Waals surface area contributed by atoms with Crippen molar-refractivity contribution in [2.24, 2.45) is 0 Å². The van der Waals surface area contributed by atoms with E-state index in [4.69, 9.17) is 0 Å². The van der Waals surface area contributed by atoms with Crippen molar-refractivity contribution in [1.29, 1.82) is 0 Å². The van der Waals surface area contributed by atoms with Gasteiger partial charge in [-0.2, -0.15) is 0 Å². The molecular weight excluding hydrogens is 396 g/mol. The molecule has 0 aliphatic heterocycles. The molecule has 0 fully saturated rings. The highest BCUT2D eigenvalue weighted by molar-refractivity contribution is 7.99. The van der Waals surface area contributed by atoms with Crippen molar-refractivity contribution in [3.8, 4) is 0 Å². The van der Waals surface area contributed by atoms with Crippen LogP contribution in [0.2, 0.25) is 0 Å². The lowest BCUT2D eigenvalue weighted by Crippen LogP contribution is -2.33. The third kappa shape index (κ3) is 5.93. The molecule has 2 rings (SSSR count). The average Bonchev–Trinajstić information content (AvgIpc) is 3.01. The first kappa shape index (κ1) is 22.2. The standard InChI is InChI=1S/C19H26N4O3S2/c1-5-11-23-17(13-28(25,26)16-9-7-14(3)8-10-16)21-22-19(23)27-12-18(24)20-15(4)6-2/h5,7-10,15H,1,6,11-13H2,2-4H3,(H,20,24). The van der Waals surface area contributed by atoms with Gasteiger partial charge in [0.2, 0.25) is 5.91 Å². The van der Waals surface area contributed by atoms with Crippen molar-refractivity contribution in [3.63, 3.8) is 0 Å². The highest BCUT2D eigenvalue weighted by atomic mass is 32.2. The molecular formula is C19H26N4O3S2. The second-order valence-corrected chi connectivity index (χ2v) is 9.47. The van der Waals surface area contributed by atoms with E-state index in [1.807, 2.05) is 20.8 Å². The molecule has 0 aliphatic carbocycles. The number of amides is 1. The van der Waals surface area contributed by atoms with E-state index in [0.29, 0.717) is 17.5 Å². The Bertz CT molecular complexity index is 921. The monoisotopic (exact) mass is 422 g/mol. The van der Waals surface area contributed by atoms with Crippen LogP contribution in [0.25, 0.3) is 0 Å². The van der Waals surface area contributed by atoms with Gasteiger partial charge >= 0.3 is 0 Å². The van der Waals surface area contributed by atoms with Crippen LogP contribution in [0.5, 0.6) is 0 Å². The van der Waals surface area contributed by atoms with E-state index in [1.165, 1.54) is 11.8 Å². The maximum atomic E-state index is 12.7. The van der Waals surface area contributed by atoms with Gasteiger partial charge in [-0.25, -0.2) is 8.42 Å². The van der Waals surface area contributed by atoms with Gasteiger partial charge in [0.15, 0.2) is 15.0 Å². The zero-order chi connectivity index (χ0) is 20.7. The zero-order valence-corrected chi connectivity index (χ0v) is 18.0. The zero-order valence-electron chi connectivity index (χ0n) is 16.4. The van der Waals surface area contributed by atoms with E-state index in [1.54, 1.807) is 34.9 Å². The Labute approximate surface area is 170 Å². The number of sulfone groups is 1. The Hall–Kier alpha value is -2.13. The number of nitrogens with zero attached hydrogens (tertiary/aromatic N) is 3. The van der Waals surface area contributed by atoms with E-state index in [-0.39, 0.29) is 28.4 Å². The second-order valence-electron chi connectivity index (χ2n) is 6.54. The SMILES string of the molecule is C=CCn1c(CS(=O)(=O)c2ccc(C)cc2)nnc1SCC(=O)NC(C)CC. The summed E-state index contributed by atoms with van der Waals surface area (Å²) >= 11 is 1.23. The molecule has 1 aromatic carbocycles. The third-order valence-electron chi connectivity index (χ3n) is 4.16. The number of allylic oxidation sites excluding steroid dienone is 1. The second kappa shape index (κ2) is 9.88. The average molecular weight is 423 g/mol. The molecule has 1 atom stereocenters. The first-order valence-corrected chi connectivity index (χ1v) is 11.6. The molecule has 1 heterocycles. The van der Waals surface area contributed by atoms with Crippen molar-refractivity contribution in [2.45, 2.75) is 55.6 Å². The summed E-state index contributed by atoms with van der Waals surface area (Å²) in [4.78, 5) is 12.2. The van der Waals surface area contributed by atoms with E-state index in [9.17, 15) is 13.2 Å². The van der Waals surface area contributed by atoms with Crippen molar-refractivity contribution < 1.29 is 13.2 Å². The molecule has 1 amide bonds. The lowest BCUT2D eigenvalue weighted by atomic mass is 10.2. The molecule has 1 unspecified atom stereocenters. The van der Waals surface area contributed by atoms with Gasteiger partial charge < -0.3 is 9.88 Å². The predicted octanol–water partition coefficient (Wildman–Crippen LogP) is 2.75. The summed E-state index contributed by atoms with van der Waals surface area (Å²) in [5.41, 5.74) is 0.989. The van der Waals surface area contributed by atoms with Gasteiger partial charge in [0.1, 0.15) is 11.6 Å². The van der Waals surface area contributed by atoms with Crippen LogP contribution in [0.1, 0.15) is 31.7 Å². The number of aromatic nitrogens is 3. The first-order chi connectivity index (χ1) is 13.3. The number of nitrogens with one attached hydrogen (secondary N) is 1. The molecule has 28 heavy (non-hydrogen) atoms. The summed E-state index contributed by atoms with van der Waals surface area (Å²) in [6.07, 6.45) is 2.50. The topological polar surface area (TPSA) is 93.9 Å². The van der Waals surface area contributed by atoms with Gasteiger partial charge in [-0.05, 0) is 32.4 Å². The molecule has 0 radical (unpaired) electrons. The Balaban J connectivity index is 2.16. The third-order valence-corrected chi connectivity index (χ3v) is 6.75. The van der Waals surface area contributed by atoms with Gasteiger partial charge in [0.05, 0.1) is 10.6 Å². The quantitative estimate of drug-likeness (QED) is 0.467. The molecule has 2 aromatic rings. The maximum absolute atomic E-state index is 12.7. The number of carbonyl (C=O) groups excluding carboxylic acids is 1. The molecule has 1 aromatic heterocycles. The number of hydrogen-bond acceptors (Lipinski definition) is 6. The molecule has 0 spiro atoms. The van der Waals surface area contributed by atoms with E-state index < -0.39 is 9.84 Å². The van der Waals surface area contributed by atoms with Crippen molar-refractivity contribution >= 4 is 27.5 Å². The molecule has 0 saturated heterocycles. The normalized spacial score (nSPS) is 12.5.